The number of hydrazone groups is 1. The standard InChI is InChI=1S/C28H29N3O5/c1-18(2)26(30-27(32)22-10-13-24-25(14-22)36-17-35-24)28(33)31-29-15-20-8-11-23(12-9-20)34-16-21-6-4-19(3)5-7-21/h4-15,18,26H,16-17H2,1-3H3,(H,30,32)(H,31,33). The van der Waals surface area contributed by atoms with Gasteiger partial charge in [-0.1, -0.05) is 43.7 Å². The fourth-order valence-corrected chi connectivity index (χ4v) is 3.54. The highest BCUT2D eigenvalue weighted by molar-refractivity contribution is 5.98. The van der Waals surface area contributed by atoms with Crippen molar-refractivity contribution in [2.75, 3.05) is 6.79 Å². The maximum absolute atomic E-state index is 12.7. The van der Waals surface area contributed by atoms with Gasteiger partial charge in [-0.2, -0.15) is 5.10 Å². The third kappa shape index (κ3) is 6.41. The van der Waals surface area contributed by atoms with Gasteiger partial charge in [-0.15, -0.1) is 0 Å². The minimum absolute atomic E-state index is 0.124. The van der Waals surface area contributed by atoms with Gasteiger partial charge in [0.05, 0.1) is 6.21 Å². The van der Waals surface area contributed by atoms with Crippen molar-refractivity contribution in [1.82, 2.24) is 10.7 Å². The van der Waals surface area contributed by atoms with Gasteiger partial charge in [-0.25, -0.2) is 5.43 Å². The molecule has 0 spiro atoms. The Morgan fingerprint density at radius 2 is 1.72 bits per heavy atom. The van der Waals surface area contributed by atoms with Gasteiger partial charge in [0.1, 0.15) is 18.4 Å². The summed E-state index contributed by atoms with van der Waals surface area (Å²) in [5, 5.41) is 6.82. The zero-order chi connectivity index (χ0) is 25.5. The quantitative estimate of drug-likeness (QED) is 0.348. The van der Waals surface area contributed by atoms with Gasteiger partial charge >= 0.3 is 0 Å². The van der Waals surface area contributed by atoms with Gasteiger partial charge in [0.25, 0.3) is 11.8 Å². The van der Waals surface area contributed by atoms with E-state index in [1.165, 1.54) is 5.56 Å². The molecule has 0 radical (unpaired) electrons. The van der Waals surface area contributed by atoms with Crippen molar-refractivity contribution in [1.29, 1.82) is 0 Å². The molecule has 3 aromatic carbocycles. The van der Waals surface area contributed by atoms with Crippen LogP contribution < -0.4 is 25.0 Å². The Hall–Kier alpha value is -4.33. The normalized spacial score (nSPS) is 13.0. The zero-order valence-electron chi connectivity index (χ0n) is 20.5. The van der Waals surface area contributed by atoms with E-state index in [0.29, 0.717) is 23.7 Å². The number of aryl methyl sites for hydroxylation is 1. The molecule has 8 heteroatoms. The molecular weight excluding hydrogens is 458 g/mol. The number of hydrogen-bond donors (Lipinski definition) is 2. The number of carbonyl (C=O) groups is 2. The number of amides is 2. The minimum Gasteiger partial charge on any atom is -0.489 e. The van der Waals surface area contributed by atoms with Crippen molar-refractivity contribution < 1.29 is 23.8 Å². The molecule has 0 bridgehead atoms. The molecule has 1 atom stereocenters. The molecule has 3 aromatic rings. The average Bonchev–Trinajstić information content (AvgIpc) is 3.35. The smallest absolute Gasteiger partial charge is 0.262 e. The highest BCUT2D eigenvalue weighted by atomic mass is 16.7. The average molecular weight is 488 g/mol. The second kappa shape index (κ2) is 11.4. The number of nitrogens with one attached hydrogen (secondary N) is 2. The zero-order valence-corrected chi connectivity index (χ0v) is 20.5. The summed E-state index contributed by atoms with van der Waals surface area (Å²) in [6, 6.07) is 19.7. The van der Waals surface area contributed by atoms with Crippen molar-refractivity contribution in [3.05, 3.63) is 89.0 Å². The number of nitrogens with zero attached hydrogens (tertiary/aromatic N) is 1. The van der Waals surface area contributed by atoms with Gasteiger partial charge in [0.15, 0.2) is 11.5 Å². The summed E-state index contributed by atoms with van der Waals surface area (Å²) in [6.07, 6.45) is 1.54. The molecule has 0 saturated heterocycles. The SMILES string of the molecule is Cc1ccc(COc2ccc(C=NNC(=O)C(NC(=O)c3ccc4c(c3)OCO4)C(C)C)cc2)cc1. The number of rotatable bonds is 9. The van der Waals surface area contributed by atoms with Crippen LogP contribution >= 0.6 is 0 Å². The number of ether oxygens (including phenoxy) is 3. The van der Waals surface area contributed by atoms with Crippen LogP contribution in [0.15, 0.2) is 71.8 Å². The Morgan fingerprint density at radius 3 is 2.44 bits per heavy atom. The van der Waals surface area contributed by atoms with Crippen LogP contribution in [0.25, 0.3) is 0 Å². The summed E-state index contributed by atoms with van der Waals surface area (Å²) >= 11 is 0. The van der Waals surface area contributed by atoms with E-state index in [1.54, 1.807) is 24.4 Å². The van der Waals surface area contributed by atoms with Crippen LogP contribution in [0.5, 0.6) is 17.2 Å². The first-order chi connectivity index (χ1) is 17.4. The minimum atomic E-state index is -0.766. The monoisotopic (exact) mass is 487 g/mol. The molecule has 186 valence electrons. The third-order valence-electron chi connectivity index (χ3n) is 5.67. The molecule has 2 amide bonds. The lowest BCUT2D eigenvalue weighted by Crippen LogP contribution is -2.48. The van der Waals surface area contributed by atoms with Crippen LogP contribution in [-0.4, -0.2) is 30.9 Å². The Kier molecular flexibility index (Phi) is 7.85. The van der Waals surface area contributed by atoms with Gasteiger partial charge in [0, 0.05) is 5.56 Å². The van der Waals surface area contributed by atoms with Gasteiger partial charge in [-0.05, 0) is 66.4 Å². The van der Waals surface area contributed by atoms with E-state index >= 15 is 0 Å². The van der Waals surface area contributed by atoms with Gasteiger partial charge < -0.3 is 19.5 Å². The van der Waals surface area contributed by atoms with E-state index < -0.39 is 11.9 Å². The lowest BCUT2D eigenvalue weighted by molar-refractivity contribution is -0.123. The highest BCUT2D eigenvalue weighted by Gasteiger charge is 2.25. The second-order valence-electron chi connectivity index (χ2n) is 8.84. The molecule has 0 aromatic heterocycles. The molecule has 36 heavy (non-hydrogen) atoms. The lowest BCUT2D eigenvalue weighted by Gasteiger charge is -2.20. The number of carbonyl (C=O) groups excluding carboxylic acids is 2. The largest absolute Gasteiger partial charge is 0.489 e. The summed E-state index contributed by atoms with van der Waals surface area (Å²) < 4.78 is 16.4. The molecular formula is C28H29N3O5. The van der Waals surface area contributed by atoms with Crippen LogP contribution in [0.3, 0.4) is 0 Å². The summed E-state index contributed by atoms with van der Waals surface area (Å²) in [6.45, 7) is 6.36. The van der Waals surface area contributed by atoms with Crippen molar-refractivity contribution >= 4 is 18.0 Å². The predicted molar refractivity (Wildman–Crippen MR) is 136 cm³/mol. The van der Waals surface area contributed by atoms with E-state index in [4.69, 9.17) is 14.2 Å². The van der Waals surface area contributed by atoms with Crippen LogP contribution in [0.1, 0.15) is 40.9 Å². The molecule has 1 heterocycles. The molecule has 8 nitrogen and oxygen atoms in total. The Bertz CT molecular complexity index is 1240. The first-order valence-electron chi connectivity index (χ1n) is 11.7. The molecule has 1 aliphatic rings. The lowest BCUT2D eigenvalue weighted by atomic mass is 10.0. The highest BCUT2D eigenvalue weighted by Crippen LogP contribution is 2.32. The Morgan fingerprint density at radius 1 is 1.00 bits per heavy atom. The molecule has 2 N–H and O–H groups in total. The van der Waals surface area contributed by atoms with Crippen molar-refractivity contribution in [3.63, 3.8) is 0 Å². The van der Waals surface area contributed by atoms with E-state index in [0.717, 1.165) is 16.9 Å². The van der Waals surface area contributed by atoms with E-state index in [-0.39, 0.29) is 18.6 Å². The molecule has 0 fully saturated rings. The van der Waals surface area contributed by atoms with Crippen LogP contribution in [0.4, 0.5) is 0 Å². The van der Waals surface area contributed by atoms with E-state index in [9.17, 15) is 9.59 Å². The molecule has 0 aliphatic carbocycles. The molecule has 4 rings (SSSR count). The van der Waals surface area contributed by atoms with Gasteiger partial charge in [-0.3, -0.25) is 9.59 Å². The van der Waals surface area contributed by atoms with Crippen molar-refractivity contribution in [3.8, 4) is 17.2 Å². The number of benzene rings is 3. The van der Waals surface area contributed by atoms with Crippen LogP contribution in [0.2, 0.25) is 0 Å². The van der Waals surface area contributed by atoms with E-state index in [2.05, 4.69) is 28.0 Å². The maximum atomic E-state index is 12.7. The van der Waals surface area contributed by atoms with Crippen molar-refractivity contribution in [2.45, 2.75) is 33.4 Å². The fourth-order valence-electron chi connectivity index (χ4n) is 3.54. The van der Waals surface area contributed by atoms with Crippen molar-refractivity contribution in [2.24, 2.45) is 11.0 Å². The van der Waals surface area contributed by atoms with Crippen LogP contribution in [-0.2, 0) is 11.4 Å². The fraction of sp³-hybridized carbons (Fsp3) is 0.250. The molecule has 1 aliphatic heterocycles. The van der Waals surface area contributed by atoms with Crippen LogP contribution in [0, 0.1) is 12.8 Å². The molecule has 0 saturated carbocycles. The number of fused-ring (bicyclic) bond motifs is 1. The topological polar surface area (TPSA) is 98.2 Å². The number of hydrogen-bond acceptors (Lipinski definition) is 6. The molecule has 1 unspecified atom stereocenters. The summed E-state index contributed by atoms with van der Waals surface area (Å²) in [5.74, 6) is 0.890. The van der Waals surface area contributed by atoms with Gasteiger partial charge in [0.2, 0.25) is 6.79 Å². The first-order valence-corrected chi connectivity index (χ1v) is 11.7. The first kappa shape index (κ1) is 24.8. The summed E-state index contributed by atoms with van der Waals surface area (Å²) in [4.78, 5) is 25.4. The Balaban J connectivity index is 1.29. The summed E-state index contributed by atoms with van der Waals surface area (Å²) in [7, 11) is 0. The predicted octanol–water partition coefficient (Wildman–Crippen LogP) is 4.21. The Labute approximate surface area is 210 Å². The summed E-state index contributed by atoms with van der Waals surface area (Å²) in [5.41, 5.74) is 6.00. The van der Waals surface area contributed by atoms with E-state index in [1.807, 2.05) is 57.2 Å². The second-order valence-corrected chi connectivity index (χ2v) is 8.84. The maximum Gasteiger partial charge on any atom is 0.262 e. The third-order valence-corrected chi connectivity index (χ3v) is 5.67.